The van der Waals surface area contributed by atoms with Crippen molar-refractivity contribution in [1.29, 1.82) is 0 Å². The van der Waals surface area contributed by atoms with Gasteiger partial charge < -0.3 is 29.0 Å². The number of hydrogen-bond donors (Lipinski definition) is 1. The molecule has 0 aliphatic rings. The topological polar surface area (TPSA) is 75.3 Å². The van der Waals surface area contributed by atoms with Gasteiger partial charge in [-0.2, -0.15) is 0 Å². The Balaban J connectivity index is 3.52. The fourth-order valence-corrected chi connectivity index (χ4v) is 2.15. The zero-order chi connectivity index (χ0) is 17.6. The van der Waals surface area contributed by atoms with Crippen LogP contribution in [0.2, 0.25) is 0 Å². The van der Waals surface area contributed by atoms with Gasteiger partial charge in [0.2, 0.25) is 23.2 Å². The fourth-order valence-electron chi connectivity index (χ4n) is 2.15. The minimum absolute atomic E-state index is 0.148. The summed E-state index contributed by atoms with van der Waals surface area (Å²) in [4.78, 5) is 11.8. The number of ether oxygens (including phenoxy) is 5. The van der Waals surface area contributed by atoms with Crippen molar-refractivity contribution >= 4 is 5.91 Å². The molecule has 1 N–H and O–H groups in total. The van der Waals surface area contributed by atoms with Gasteiger partial charge in [0.1, 0.15) is 0 Å². The van der Waals surface area contributed by atoms with Gasteiger partial charge >= 0.3 is 0 Å². The van der Waals surface area contributed by atoms with Crippen molar-refractivity contribution in [3.05, 3.63) is 17.7 Å². The van der Waals surface area contributed by atoms with E-state index in [4.69, 9.17) is 23.7 Å². The number of carbonyl (C=O) groups excluding carboxylic acids is 1. The van der Waals surface area contributed by atoms with Gasteiger partial charge in [0, 0.05) is 5.57 Å². The lowest BCUT2D eigenvalue weighted by Crippen LogP contribution is -2.24. The maximum atomic E-state index is 11.8. The summed E-state index contributed by atoms with van der Waals surface area (Å²) >= 11 is 0. The molecule has 1 aromatic carbocycles. The lowest BCUT2D eigenvalue weighted by atomic mass is 10.1. The first-order valence-corrected chi connectivity index (χ1v) is 6.83. The molecule has 0 aromatic heterocycles. The van der Waals surface area contributed by atoms with E-state index >= 15 is 0 Å². The van der Waals surface area contributed by atoms with E-state index in [9.17, 15) is 4.79 Å². The van der Waals surface area contributed by atoms with Crippen LogP contribution in [0, 0.1) is 0 Å². The molecule has 0 fully saturated rings. The summed E-state index contributed by atoms with van der Waals surface area (Å²) in [6.07, 6.45) is 0. The largest absolute Gasteiger partial charge is 0.492 e. The van der Waals surface area contributed by atoms with Crippen LogP contribution in [-0.2, 0) is 11.3 Å². The molecule has 1 rings (SSSR count). The number of hydrogen-bond acceptors (Lipinski definition) is 6. The Morgan fingerprint density at radius 1 is 0.826 bits per heavy atom. The third-order valence-electron chi connectivity index (χ3n) is 3.21. The molecule has 0 heterocycles. The maximum absolute atomic E-state index is 11.8. The van der Waals surface area contributed by atoms with E-state index in [1.807, 2.05) is 0 Å². The van der Waals surface area contributed by atoms with Crippen LogP contribution in [0.15, 0.2) is 12.2 Å². The number of nitrogens with one attached hydrogen (secondary N) is 1. The third kappa shape index (κ3) is 3.61. The normalized spacial score (nSPS) is 9.83. The zero-order valence-electron chi connectivity index (χ0n) is 14.4. The van der Waals surface area contributed by atoms with E-state index in [0.717, 1.165) is 0 Å². The van der Waals surface area contributed by atoms with Gasteiger partial charge in [-0.05, 0) is 6.92 Å². The molecule has 0 bridgehead atoms. The van der Waals surface area contributed by atoms with Crippen molar-refractivity contribution in [3.63, 3.8) is 0 Å². The molecule has 7 nitrogen and oxygen atoms in total. The monoisotopic (exact) mass is 325 g/mol. The minimum Gasteiger partial charge on any atom is -0.492 e. The number of carbonyl (C=O) groups is 1. The van der Waals surface area contributed by atoms with Gasteiger partial charge in [0.15, 0.2) is 11.5 Å². The minimum atomic E-state index is -0.275. The average Bonchev–Trinajstić information content (AvgIpc) is 2.56. The number of benzene rings is 1. The quantitative estimate of drug-likeness (QED) is 0.736. The molecule has 0 spiro atoms. The Morgan fingerprint density at radius 3 is 1.48 bits per heavy atom. The van der Waals surface area contributed by atoms with Crippen LogP contribution in [0.3, 0.4) is 0 Å². The fraction of sp³-hybridized carbons (Fsp3) is 0.438. The molecule has 0 unspecified atom stereocenters. The van der Waals surface area contributed by atoms with Crippen molar-refractivity contribution in [1.82, 2.24) is 5.32 Å². The summed E-state index contributed by atoms with van der Waals surface area (Å²) in [6, 6.07) is 0. The predicted octanol–water partition coefficient (Wildman–Crippen LogP) is 1.92. The van der Waals surface area contributed by atoms with E-state index in [1.54, 1.807) is 6.92 Å². The van der Waals surface area contributed by atoms with Crippen LogP contribution < -0.4 is 29.0 Å². The summed E-state index contributed by atoms with van der Waals surface area (Å²) in [5.41, 5.74) is 0.967. The molecule has 0 radical (unpaired) electrons. The van der Waals surface area contributed by atoms with Gasteiger partial charge in [0.05, 0.1) is 47.7 Å². The summed E-state index contributed by atoms with van der Waals surface area (Å²) in [5.74, 6) is 1.56. The molecule has 7 heteroatoms. The number of methoxy groups -OCH3 is 5. The first kappa shape index (κ1) is 18.5. The Kier molecular flexibility index (Phi) is 6.56. The van der Waals surface area contributed by atoms with Gasteiger partial charge in [-0.25, -0.2) is 0 Å². The molecule has 0 saturated heterocycles. The molecular formula is C16H23NO6. The van der Waals surface area contributed by atoms with Gasteiger partial charge in [-0.1, -0.05) is 6.58 Å². The average molecular weight is 325 g/mol. The molecule has 23 heavy (non-hydrogen) atoms. The highest BCUT2D eigenvalue weighted by Gasteiger charge is 2.28. The smallest absolute Gasteiger partial charge is 0.246 e. The van der Waals surface area contributed by atoms with Gasteiger partial charge in [-0.3, -0.25) is 4.79 Å². The van der Waals surface area contributed by atoms with E-state index in [1.165, 1.54) is 35.5 Å². The molecule has 0 saturated carbocycles. The molecule has 1 amide bonds. The Bertz CT molecular complexity index is 564. The van der Waals surface area contributed by atoms with Crippen LogP contribution in [0.5, 0.6) is 28.7 Å². The second kappa shape index (κ2) is 8.17. The highest BCUT2D eigenvalue weighted by atomic mass is 16.6. The van der Waals surface area contributed by atoms with Crippen LogP contribution in [0.4, 0.5) is 0 Å². The van der Waals surface area contributed by atoms with Gasteiger partial charge in [0.25, 0.3) is 0 Å². The highest BCUT2D eigenvalue weighted by Crippen LogP contribution is 2.53. The van der Waals surface area contributed by atoms with E-state index in [-0.39, 0.29) is 12.5 Å². The first-order chi connectivity index (χ1) is 11.0. The van der Waals surface area contributed by atoms with E-state index in [0.29, 0.717) is 39.9 Å². The summed E-state index contributed by atoms with van der Waals surface area (Å²) in [7, 11) is 7.45. The zero-order valence-corrected chi connectivity index (χ0v) is 14.4. The Labute approximate surface area is 136 Å². The summed E-state index contributed by atoms with van der Waals surface area (Å²) < 4.78 is 27.0. The van der Waals surface area contributed by atoms with Crippen LogP contribution in [0.1, 0.15) is 12.5 Å². The second-order valence-corrected chi connectivity index (χ2v) is 4.61. The predicted molar refractivity (Wildman–Crippen MR) is 85.9 cm³/mol. The Hall–Kier alpha value is -2.57. The SMILES string of the molecule is C=C(C)C(=O)NCc1c(OC)c(OC)c(OC)c(OC)c1OC. The maximum Gasteiger partial charge on any atom is 0.246 e. The summed E-state index contributed by atoms with van der Waals surface area (Å²) in [6.45, 7) is 5.37. The molecule has 128 valence electrons. The molecule has 0 aliphatic carbocycles. The number of rotatable bonds is 8. The van der Waals surface area contributed by atoms with Crippen molar-refractivity contribution < 1.29 is 28.5 Å². The number of amides is 1. The highest BCUT2D eigenvalue weighted by molar-refractivity contribution is 5.92. The third-order valence-corrected chi connectivity index (χ3v) is 3.21. The van der Waals surface area contributed by atoms with E-state index in [2.05, 4.69) is 11.9 Å². The van der Waals surface area contributed by atoms with Crippen LogP contribution in [0.25, 0.3) is 0 Å². The molecule has 1 aromatic rings. The summed E-state index contributed by atoms with van der Waals surface area (Å²) in [5, 5.41) is 2.74. The van der Waals surface area contributed by atoms with Gasteiger partial charge in [-0.15, -0.1) is 0 Å². The molecular weight excluding hydrogens is 302 g/mol. The molecule has 0 aliphatic heterocycles. The van der Waals surface area contributed by atoms with Crippen molar-refractivity contribution in [2.75, 3.05) is 35.5 Å². The van der Waals surface area contributed by atoms with Crippen molar-refractivity contribution in [3.8, 4) is 28.7 Å². The Morgan fingerprint density at radius 2 is 1.17 bits per heavy atom. The lowest BCUT2D eigenvalue weighted by molar-refractivity contribution is -0.117. The lowest BCUT2D eigenvalue weighted by Gasteiger charge is -2.22. The van der Waals surface area contributed by atoms with Crippen molar-refractivity contribution in [2.45, 2.75) is 13.5 Å². The standard InChI is InChI=1S/C16H23NO6/c1-9(2)16(18)17-8-10-11(19-3)13(21-5)15(23-7)14(22-6)12(10)20-4/h1,8H2,2-7H3,(H,17,18). The first-order valence-electron chi connectivity index (χ1n) is 6.83. The van der Waals surface area contributed by atoms with Crippen LogP contribution >= 0.6 is 0 Å². The van der Waals surface area contributed by atoms with Crippen molar-refractivity contribution in [2.24, 2.45) is 0 Å². The van der Waals surface area contributed by atoms with Crippen LogP contribution in [-0.4, -0.2) is 41.5 Å². The molecule has 0 atom stereocenters. The second-order valence-electron chi connectivity index (χ2n) is 4.61. The van der Waals surface area contributed by atoms with E-state index < -0.39 is 0 Å².